The molecule has 0 bridgehead atoms. The highest BCUT2D eigenvalue weighted by atomic mass is 32.1. The average Bonchev–Trinajstić information content (AvgIpc) is 3.42. The van der Waals surface area contributed by atoms with E-state index in [-0.39, 0.29) is 11.8 Å². The molecule has 7 heteroatoms. The van der Waals surface area contributed by atoms with Crippen molar-refractivity contribution in [2.75, 3.05) is 12.4 Å². The first kappa shape index (κ1) is 25.8. The van der Waals surface area contributed by atoms with Crippen molar-refractivity contribution >= 4 is 22.4 Å². The highest BCUT2D eigenvalue weighted by Crippen LogP contribution is 2.52. The summed E-state index contributed by atoms with van der Waals surface area (Å²) in [6, 6.07) is 26.1. The van der Waals surface area contributed by atoms with E-state index in [2.05, 4.69) is 34.6 Å². The number of hydrogen-bond acceptors (Lipinski definition) is 6. The van der Waals surface area contributed by atoms with Crippen molar-refractivity contribution in [1.82, 2.24) is 9.97 Å². The number of rotatable bonds is 7. The molecule has 3 aromatic carbocycles. The quantitative estimate of drug-likeness (QED) is 0.226. The van der Waals surface area contributed by atoms with Gasteiger partial charge in [0.25, 0.3) is 0 Å². The third-order valence-corrected chi connectivity index (χ3v) is 8.22. The van der Waals surface area contributed by atoms with Crippen LogP contribution < -0.4 is 14.8 Å². The summed E-state index contributed by atoms with van der Waals surface area (Å²) < 4.78 is 11.6. The molecule has 0 fully saturated rings. The van der Waals surface area contributed by atoms with Gasteiger partial charge in [0.15, 0.2) is 5.13 Å². The Morgan fingerprint density at radius 2 is 1.68 bits per heavy atom. The number of carbonyl (C=O) groups is 1. The molecule has 1 aliphatic heterocycles. The fourth-order valence-electron chi connectivity index (χ4n) is 5.25. The number of ether oxygens (including phenoxy) is 2. The number of nitrogens with one attached hydrogen (secondary N) is 1. The van der Waals surface area contributed by atoms with Crippen LogP contribution in [0.15, 0.2) is 96.6 Å². The lowest BCUT2D eigenvalue weighted by atomic mass is 9.69. The Morgan fingerprint density at radius 3 is 2.45 bits per heavy atom. The van der Waals surface area contributed by atoms with E-state index in [1.54, 1.807) is 19.5 Å². The summed E-state index contributed by atoms with van der Waals surface area (Å²) in [7, 11) is 1.63. The second-order valence-corrected chi connectivity index (χ2v) is 11.3. The number of nitrogens with zero attached hydrogens (tertiary/aromatic N) is 2. The molecule has 200 valence electrons. The fourth-order valence-corrected chi connectivity index (χ4v) is 5.95. The van der Waals surface area contributed by atoms with E-state index in [9.17, 15) is 4.79 Å². The molecular weight excluding hydrogens is 518 g/mol. The maximum absolute atomic E-state index is 13.8. The summed E-state index contributed by atoms with van der Waals surface area (Å²) in [6.45, 7) is 3.95. The predicted octanol–water partition coefficient (Wildman–Crippen LogP) is 7.71. The number of amides is 1. The molecule has 40 heavy (non-hydrogen) atoms. The van der Waals surface area contributed by atoms with Gasteiger partial charge in [0.05, 0.1) is 18.2 Å². The number of anilines is 1. The van der Waals surface area contributed by atoms with Crippen LogP contribution in [0.2, 0.25) is 0 Å². The van der Waals surface area contributed by atoms with Gasteiger partial charge >= 0.3 is 0 Å². The van der Waals surface area contributed by atoms with Crippen molar-refractivity contribution in [3.05, 3.63) is 119 Å². The van der Waals surface area contributed by atoms with Crippen molar-refractivity contribution in [2.45, 2.75) is 26.2 Å². The summed E-state index contributed by atoms with van der Waals surface area (Å²) in [6.07, 6.45) is 4.29. The highest BCUT2D eigenvalue weighted by Gasteiger charge is 2.43. The van der Waals surface area contributed by atoms with Crippen molar-refractivity contribution in [3.63, 3.8) is 0 Å². The number of thiazole rings is 1. The third kappa shape index (κ3) is 4.96. The molecule has 3 heterocycles. The van der Waals surface area contributed by atoms with Crippen LogP contribution in [0.1, 0.15) is 42.1 Å². The van der Waals surface area contributed by atoms with E-state index >= 15 is 0 Å². The van der Waals surface area contributed by atoms with Crippen molar-refractivity contribution in [3.8, 4) is 28.4 Å². The van der Waals surface area contributed by atoms with Crippen molar-refractivity contribution in [2.24, 2.45) is 5.41 Å². The van der Waals surface area contributed by atoms with Gasteiger partial charge in [-0.25, -0.2) is 4.98 Å². The van der Waals surface area contributed by atoms with Gasteiger partial charge in [-0.15, -0.1) is 11.3 Å². The SMILES string of the molecule is COc1ccc2c(c1)Oc1ccccc1[C@H]2C(C)(C)C(=O)Nc1nc(Cc2ccc(-c3ccncc3)cc2)cs1. The number of hydrogen-bond donors (Lipinski definition) is 1. The van der Waals surface area contributed by atoms with Gasteiger partial charge in [-0.3, -0.25) is 9.78 Å². The first-order chi connectivity index (χ1) is 19.4. The van der Waals surface area contributed by atoms with Gasteiger partial charge in [-0.2, -0.15) is 0 Å². The second kappa shape index (κ2) is 10.6. The van der Waals surface area contributed by atoms with E-state index in [1.807, 2.05) is 73.8 Å². The molecule has 1 aliphatic rings. The summed E-state index contributed by atoms with van der Waals surface area (Å²) in [4.78, 5) is 22.6. The molecule has 1 atom stereocenters. The predicted molar refractivity (Wildman–Crippen MR) is 158 cm³/mol. The number of para-hydroxylation sites is 1. The van der Waals surface area contributed by atoms with E-state index in [0.717, 1.165) is 39.3 Å². The topological polar surface area (TPSA) is 73.3 Å². The van der Waals surface area contributed by atoms with Gasteiger partial charge in [-0.05, 0) is 41.0 Å². The zero-order valence-electron chi connectivity index (χ0n) is 22.5. The smallest absolute Gasteiger partial charge is 0.232 e. The molecule has 6 rings (SSSR count). The standard InChI is InChI=1S/C33H29N3O3S/c1-33(2,30-26-6-4-5-7-28(26)39-29-19-25(38-3)12-13-27(29)30)31(37)36-32-35-24(20-40-32)18-21-8-10-22(11-9-21)23-14-16-34-17-15-23/h4-17,19-20,30H,18H2,1-3H3,(H,35,36,37)/t30-/m1/s1. The lowest BCUT2D eigenvalue weighted by Gasteiger charge is -2.38. The normalized spacial score (nSPS) is 14.0. The number of methoxy groups -OCH3 is 1. The van der Waals surface area contributed by atoms with Crippen LogP contribution in [0.4, 0.5) is 5.13 Å². The van der Waals surface area contributed by atoms with Crippen LogP contribution in [-0.2, 0) is 11.2 Å². The van der Waals surface area contributed by atoms with Crippen molar-refractivity contribution < 1.29 is 14.3 Å². The van der Waals surface area contributed by atoms with Gasteiger partial charge in [0.2, 0.25) is 5.91 Å². The Labute approximate surface area is 237 Å². The average molecular weight is 548 g/mol. The molecule has 5 aromatic rings. The fraction of sp³-hybridized carbons (Fsp3) is 0.182. The monoisotopic (exact) mass is 547 g/mol. The minimum absolute atomic E-state index is 0.0985. The molecular formula is C33H29N3O3S. The maximum Gasteiger partial charge on any atom is 0.232 e. The van der Waals surface area contributed by atoms with Crippen LogP contribution in [0.25, 0.3) is 11.1 Å². The number of benzene rings is 3. The summed E-state index contributed by atoms with van der Waals surface area (Å²) in [5.74, 6) is 1.85. The van der Waals surface area contributed by atoms with Crippen LogP contribution in [-0.4, -0.2) is 23.0 Å². The minimum Gasteiger partial charge on any atom is -0.497 e. The Balaban J connectivity index is 1.20. The highest BCUT2D eigenvalue weighted by molar-refractivity contribution is 7.13. The lowest BCUT2D eigenvalue weighted by Crippen LogP contribution is -2.38. The summed E-state index contributed by atoms with van der Waals surface area (Å²) >= 11 is 1.44. The van der Waals surface area contributed by atoms with Crippen LogP contribution in [0.3, 0.4) is 0 Å². The molecule has 0 spiro atoms. The second-order valence-electron chi connectivity index (χ2n) is 10.4. The zero-order chi connectivity index (χ0) is 27.7. The zero-order valence-corrected chi connectivity index (χ0v) is 23.4. The van der Waals surface area contributed by atoms with Crippen LogP contribution in [0, 0.1) is 5.41 Å². The molecule has 0 radical (unpaired) electrons. The number of fused-ring (bicyclic) bond motifs is 2. The van der Waals surface area contributed by atoms with E-state index in [4.69, 9.17) is 14.5 Å². The summed E-state index contributed by atoms with van der Waals surface area (Å²) in [5.41, 5.74) is 5.50. The Morgan fingerprint density at radius 1 is 0.950 bits per heavy atom. The first-order valence-corrected chi connectivity index (χ1v) is 14.0. The third-order valence-electron chi connectivity index (χ3n) is 7.41. The largest absolute Gasteiger partial charge is 0.497 e. The van der Waals surface area contributed by atoms with Crippen LogP contribution >= 0.6 is 11.3 Å². The molecule has 0 saturated heterocycles. The maximum atomic E-state index is 13.8. The van der Waals surface area contributed by atoms with Crippen molar-refractivity contribution in [1.29, 1.82) is 0 Å². The number of aromatic nitrogens is 2. The molecule has 1 amide bonds. The Bertz CT molecular complexity index is 1660. The van der Waals surface area contributed by atoms with Crippen LogP contribution in [0.5, 0.6) is 17.2 Å². The molecule has 0 unspecified atom stereocenters. The van der Waals surface area contributed by atoms with E-state index < -0.39 is 5.41 Å². The molecule has 0 saturated carbocycles. The number of carbonyl (C=O) groups excluding carboxylic acids is 1. The van der Waals surface area contributed by atoms with Gasteiger partial charge < -0.3 is 14.8 Å². The van der Waals surface area contributed by atoms with E-state index in [0.29, 0.717) is 23.1 Å². The molecule has 0 aliphatic carbocycles. The molecule has 2 aromatic heterocycles. The Hall–Kier alpha value is -4.49. The summed E-state index contributed by atoms with van der Waals surface area (Å²) in [5, 5.41) is 5.70. The molecule has 6 nitrogen and oxygen atoms in total. The Kier molecular flexibility index (Phi) is 6.82. The first-order valence-electron chi connectivity index (χ1n) is 13.1. The minimum atomic E-state index is -0.794. The molecule has 1 N–H and O–H groups in total. The lowest BCUT2D eigenvalue weighted by molar-refractivity contribution is -0.124. The van der Waals surface area contributed by atoms with Gasteiger partial charge in [0.1, 0.15) is 17.2 Å². The van der Waals surface area contributed by atoms with Gasteiger partial charge in [0, 0.05) is 47.3 Å². The van der Waals surface area contributed by atoms with E-state index in [1.165, 1.54) is 11.3 Å². The number of pyridine rings is 1. The van der Waals surface area contributed by atoms with Gasteiger partial charge in [-0.1, -0.05) is 62.4 Å².